The molecule has 2 nitrogen and oxygen atoms in total. The summed E-state index contributed by atoms with van der Waals surface area (Å²) in [7, 11) is 0. The van der Waals surface area contributed by atoms with Crippen LogP contribution in [-0.4, -0.2) is 4.55 Å². The van der Waals surface area contributed by atoms with Gasteiger partial charge in [-0.15, -0.1) is 0 Å². The lowest BCUT2D eigenvalue weighted by Crippen LogP contribution is -1.99. The number of furan rings is 1. The second kappa shape index (κ2) is 6.34. The Morgan fingerprint density at radius 3 is 2.72 bits per heavy atom. The summed E-state index contributed by atoms with van der Waals surface area (Å²) in [4.78, 5) is 0. The minimum atomic E-state index is -1.09. The van der Waals surface area contributed by atoms with Crippen molar-refractivity contribution < 1.29 is 8.97 Å². The smallest absolute Gasteiger partial charge is 0.135 e. The number of benzene rings is 1. The average Bonchev–Trinajstić information content (AvgIpc) is 2.84. The molecular weight excluding hydrogens is 291 g/mol. The van der Waals surface area contributed by atoms with E-state index in [0.717, 1.165) is 11.1 Å². The van der Waals surface area contributed by atoms with Crippen molar-refractivity contribution in [1.82, 2.24) is 0 Å². The summed E-state index contributed by atoms with van der Waals surface area (Å²) in [6.45, 7) is 0. The second-order valence-corrected chi connectivity index (χ2v) is 5.77. The average molecular weight is 301 g/mol. The molecule has 0 aliphatic carbocycles. The lowest BCUT2D eigenvalue weighted by molar-refractivity contribution is 0.567. The molecule has 5 heteroatoms. The number of halogens is 2. The van der Waals surface area contributed by atoms with Crippen molar-refractivity contribution in [2.75, 3.05) is 0 Å². The van der Waals surface area contributed by atoms with Gasteiger partial charge in [0.05, 0.1) is 22.6 Å². The summed E-state index contributed by atoms with van der Waals surface area (Å²) in [6.07, 6.45) is 4.92. The molecule has 2 aromatic rings. The lowest BCUT2D eigenvalue weighted by atomic mass is 10.2. The maximum atomic E-state index is 11.8. The van der Waals surface area contributed by atoms with E-state index in [0.29, 0.717) is 15.8 Å². The van der Waals surface area contributed by atoms with Gasteiger partial charge in [0.2, 0.25) is 0 Å². The summed E-state index contributed by atoms with van der Waals surface area (Å²) < 4.78 is 16.7. The number of hydrogen-bond acceptors (Lipinski definition) is 2. The van der Waals surface area contributed by atoms with Crippen LogP contribution >= 0.6 is 23.2 Å². The summed E-state index contributed by atoms with van der Waals surface area (Å²) >= 11 is 10.6. The van der Waals surface area contributed by atoms with Crippen LogP contribution in [0.3, 0.4) is 0 Å². The molecule has 0 saturated heterocycles. The number of hydrogen-bond donors (Lipinski definition) is 0. The van der Waals surface area contributed by atoms with Crippen molar-refractivity contribution >= 4 is 40.5 Å². The molecule has 0 amide bonds. The molecule has 1 heterocycles. The fourth-order valence-electron chi connectivity index (χ4n) is 1.37. The van der Waals surface area contributed by atoms with Gasteiger partial charge in [0.25, 0.3) is 0 Å². The molecule has 1 aromatic carbocycles. The van der Waals surface area contributed by atoms with Gasteiger partial charge in [-0.3, -0.25) is 0 Å². The molecule has 1 unspecified atom stereocenters. The molecule has 0 radical (unpaired) electrons. The Kier molecular flexibility index (Phi) is 4.78. The SMILES string of the molecule is [O-][S+](/C=C/c1ccoc1)Cc1ccc(Cl)c(Cl)c1. The first-order valence-corrected chi connectivity index (χ1v) is 7.30. The van der Waals surface area contributed by atoms with Gasteiger partial charge in [0.15, 0.2) is 0 Å². The van der Waals surface area contributed by atoms with Crippen LogP contribution in [0, 0.1) is 0 Å². The van der Waals surface area contributed by atoms with Gasteiger partial charge in [0, 0.05) is 11.1 Å². The second-order valence-electron chi connectivity index (χ2n) is 3.63. The molecule has 1 atom stereocenters. The third kappa shape index (κ3) is 3.82. The highest BCUT2D eigenvalue weighted by Gasteiger charge is 2.06. The maximum absolute atomic E-state index is 11.8. The van der Waals surface area contributed by atoms with E-state index in [4.69, 9.17) is 27.6 Å². The van der Waals surface area contributed by atoms with Crippen molar-refractivity contribution in [2.24, 2.45) is 0 Å². The van der Waals surface area contributed by atoms with Crippen LogP contribution in [0.5, 0.6) is 0 Å². The Morgan fingerprint density at radius 2 is 2.06 bits per heavy atom. The van der Waals surface area contributed by atoms with Gasteiger partial charge < -0.3 is 8.97 Å². The van der Waals surface area contributed by atoms with Gasteiger partial charge in [-0.05, 0) is 35.5 Å². The summed E-state index contributed by atoms with van der Waals surface area (Å²) in [6, 6.07) is 7.05. The summed E-state index contributed by atoms with van der Waals surface area (Å²) in [5, 5.41) is 2.61. The van der Waals surface area contributed by atoms with Gasteiger partial charge >= 0.3 is 0 Å². The Hall–Kier alpha value is -0.870. The highest BCUT2D eigenvalue weighted by molar-refractivity contribution is 7.93. The van der Waals surface area contributed by atoms with E-state index in [2.05, 4.69) is 0 Å². The van der Waals surface area contributed by atoms with Crippen molar-refractivity contribution in [3.63, 3.8) is 0 Å². The highest BCUT2D eigenvalue weighted by Crippen LogP contribution is 2.23. The zero-order valence-corrected chi connectivity index (χ0v) is 11.6. The van der Waals surface area contributed by atoms with E-state index in [1.54, 1.807) is 42.2 Å². The molecule has 0 aliphatic rings. The van der Waals surface area contributed by atoms with E-state index in [1.165, 1.54) is 0 Å². The highest BCUT2D eigenvalue weighted by atomic mass is 35.5. The zero-order valence-electron chi connectivity index (χ0n) is 9.31. The van der Waals surface area contributed by atoms with Crippen LogP contribution in [0.25, 0.3) is 6.08 Å². The molecule has 0 spiro atoms. The van der Waals surface area contributed by atoms with Crippen LogP contribution in [0.4, 0.5) is 0 Å². The fraction of sp³-hybridized carbons (Fsp3) is 0.0769. The van der Waals surface area contributed by atoms with E-state index in [1.807, 2.05) is 6.07 Å². The third-order valence-electron chi connectivity index (χ3n) is 2.25. The van der Waals surface area contributed by atoms with Crippen LogP contribution < -0.4 is 0 Å². The largest absolute Gasteiger partial charge is 0.612 e. The predicted octanol–water partition coefficient (Wildman–Crippen LogP) is 4.51. The first kappa shape index (κ1) is 13.6. The molecule has 0 fully saturated rings. The Balaban J connectivity index is 1.98. The summed E-state index contributed by atoms with van der Waals surface area (Å²) in [5.41, 5.74) is 1.78. The van der Waals surface area contributed by atoms with E-state index < -0.39 is 11.2 Å². The number of rotatable bonds is 4. The summed E-state index contributed by atoms with van der Waals surface area (Å²) in [5.74, 6) is 0.408. The Morgan fingerprint density at radius 1 is 1.22 bits per heavy atom. The fourth-order valence-corrected chi connectivity index (χ4v) is 2.60. The molecule has 2 rings (SSSR count). The molecular formula is C13H10Cl2O2S. The molecule has 18 heavy (non-hydrogen) atoms. The molecule has 94 valence electrons. The molecule has 0 N–H and O–H groups in total. The van der Waals surface area contributed by atoms with E-state index in [-0.39, 0.29) is 0 Å². The van der Waals surface area contributed by atoms with Crippen LogP contribution in [0.15, 0.2) is 46.6 Å². The maximum Gasteiger partial charge on any atom is 0.135 e. The van der Waals surface area contributed by atoms with Crippen LogP contribution in [-0.2, 0) is 16.9 Å². The monoisotopic (exact) mass is 300 g/mol. The Labute approximate surface area is 118 Å². The minimum absolute atomic E-state index is 0.408. The topological polar surface area (TPSA) is 36.2 Å². The molecule has 0 saturated carbocycles. The lowest BCUT2D eigenvalue weighted by Gasteiger charge is -2.06. The Bertz CT molecular complexity index is 538. The normalized spacial score (nSPS) is 13.1. The predicted molar refractivity (Wildman–Crippen MR) is 76.1 cm³/mol. The molecule has 1 aromatic heterocycles. The molecule has 0 bridgehead atoms. The van der Waals surface area contributed by atoms with Gasteiger partial charge in [-0.2, -0.15) is 0 Å². The minimum Gasteiger partial charge on any atom is -0.612 e. The van der Waals surface area contributed by atoms with Crippen LogP contribution in [0.2, 0.25) is 10.0 Å². The van der Waals surface area contributed by atoms with E-state index >= 15 is 0 Å². The van der Waals surface area contributed by atoms with Gasteiger partial charge in [0.1, 0.15) is 11.2 Å². The van der Waals surface area contributed by atoms with Crippen molar-refractivity contribution in [3.8, 4) is 0 Å². The standard InChI is InChI=1S/C13H10Cl2O2S/c14-12-2-1-11(7-13(12)15)9-18(16)6-4-10-3-5-17-8-10/h1-8H,9H2/b6-4+. The first-order chi connectivity index (χ1) is 8.65. The zero-order chi connectivity index (χ0) is 13.0. The first-order valence-electron chi connectivity index (χ1n) is 5.16. The third-order valence-corrected chi connectivity index (χ3v) is 4.04. The molecule has 0 aliphatic heterocycles. The quantitative estimate of drug-likeness (QED) is 0.779. The van der Waals surface area contributed by atoms with Crippen molar-refractivity contribution in [1.29, 1.82) is 0 Å². The van der Waals surface area contributed by atoms with Crippen LogP contribution in [0.1, 0.15) is 11.1 Å². The van der Waals surface area contributed by atoms with Gasteiger partial charge in [-0.25, -0.2) is 0 Å². The van der Waals surface area contributed by atoms with Gasteiger partial charge in [-0.1, -0.05) is 29.3 Å². The van der Waals surface area contributed by atoms with E-state index in [9.17, 15) is 4.55 Å². The van der Waals surface area contributed by atoms with Crippen molar-refractivity contribution in [2.45, 2.75) is 5.75 Å². The van der Waals surface area contributed by atoms with Crippen molar-refractivity contribution in [3.05, 3.63) is 63.4 Å².